The number of carboxylic acids is 1. The summed E-state index contributed by atoms with van der Waals surface area (Å²) in [6, 6.07) is 8.84. The zero-order valence-electron chi connectivity index (χ0n) is 12.7. The van der Waals surface area contributed by atoms with Crippen molar-refractivity contribution in [3.63, 3.8) is 0 Å². The van der Waals surface area contributed by atoms with Gasteiger partial charge in [-0.05, 0) is 18.4 Å². The van der Waals surface area contributed by atoms with Gasteiger partial charge >= 0.3 is 5.97 Å². The van der Waals surface area contributed by atoms with Crippen LogP contribution in [0.1, 0.15) is 31.7 Å². The summed E-state index contributed by atoms with van der Waals surface area (Å²) in [5, 5.41) is 19.3. The second-order valence-electron chi connectivity index (χ2n) is 5.11. The average molecular weight is 309 g/mol. The van der Waals surface area contributed by atoms with E-state index in [9.17, 15) is 19.9 Å². The number of nitrogens with zero attached hydrogens (tertiary/aromatic N) is 1. The standard InChI is InChI=1S/C16H23NO5/c1-2-6-15(17(21)12-18)14(16(19)20)9-10-22-11-13-7-4-3-5-8-13/h3-5,7-8,12,14-15,21H,2,6,9-11H2,1H3,(H,19,20)/t14-,15+/m1/s1. The van der Waals surface area contributed by atoms with E-state index >= 15 is 0 Å². The van der Waals surface area contributed by atoms with Gasteiger partial charge < -0.3 is 9.84 Å². The second kappa shape index (κ2) is 9.92. The third-order valence-corrected chi connectivity index (χ3v) is 3.50. The Morgan fingerprint density at radius 1 is 1.32 bits per heavy atom. The van der Waals surface area contributed by atoms with Gasteiger partial charge in [-0.2, -0.15) is 0 Å². The number of carbonyl (C=O) groups excluding carboxylic acids is 1. The van der Waals surface area contributed by atoms with Gasteiger partial charge in [0.05, 0.1) is 18.6 Å². The van der Waals surface area contributed by atoms with Crippen LogP contribution in [0.25, 0.3) is 0 Å². The predicted molar refractivity (Wildman–Crippen MR) is 80.2 cm³/mol. The molecule has 22 heavy (non-hydrogen) atoms. The number of hydrogen-bond acceptors (Lipinski definition) is 4. The van der Waals surface area contributed by atoms with Gasteiger partial charge in [-0.3, -0.25) is 14.8 Å². The summed E-state index contributed by atoms with van der Waals surface area (Å²) in [4.78, 5) is 22.1. The number of ether oxygens (including phenoxy) is 1. The highest BCUT2D eigenvalue weighted by Gasteiger charge is 2.31. The van der Waals surface area contributed by atoms with Gasteiger partial charge in [-0.15, -0.1) is 0 Å². The number of aliphatic carboxylic acids is 1. The number of rotatable bonds is 11. The fraction of sp³-hybridized carbons (Fsp3) is 0.500. The molecule has 1 rings (SSSR count). The van der Waals surface area contributed by atoms with E-state index < -0.39 is 17.9 Å². The number of carbonyl (C=O) groups is 2. The predicted octanol–water partition coefficient (Wildman–Crippen LogP) is 2.31. The Balaban J connectivity index is 2.52. The van der Waals surface area contributed by atoms with Gasteiger partial charge in [-0.1, -0.05) is 43.7 Å². The summed E-state index contributed by atoms with van der Waals surface area (Å²) in [6.45, 7) is 2.53. The molecule has 0 saturated heterocycles. The van der Waals surface area contributed by atoms with E-state index in [0.29, 0.717) is 24.5 Å². The number of hydrogen-bond donors (Lipinski definition) is 2. The molecular formula is C16H23NO5. The molecule has 0 spiro atoms. The SMILES string of the molecule is CCC[C@@H]([C@@H](CCOCc1ccccc1)C(=O)O)N(O)C=O. The van der Waals surface area contributed by atoms with Crippen molar-refractivity contribution >= 4 is 12.4 Å². The molecule has 0 bridgehead atoms. The largest absolute Gasteiger partial charge is 0.481 e. The number of benzene rings is 1. The van der Waals surface area contributed by atoms with Crippen molar-refractivity contribution in [1.29, 1.82) is 0 Å². The van der Waals surface area contributed by atoms with E-state index in [1.165, 1.54) is 0 Å². The van der Waals surface area contributed by atoms with E-state index in [-0.39, 0.29) is 19.4 Å². The molecule has 1 amide bonds. The van der Waals surface area contributed by atoms with Crippen LogP contribution >= 0.6 is 0 Å². The highest BCUT2D eigenvalue weighted by atomic mass is 16.5. The number of carboxylic acid groups (broad SMARTS) is 1. The van der Waals surface area contributed by atoms with E-state index in [1.54, 1.807) is 0 Å². The fourth-order valence-electron chi connectivity index (χ4n) is 2.35. The van der Waals surface area contributed by atoms with Crippen LogP contribution in [0, 0.1) is 5.92 Å². The minimum absolute atomic E-state index is 0.234. The Morgan fingerprint density at radius 2 is 2.00 bits per heavy atom. The van der Waals surface area contributed by atoms with E-state index in [1.807, 2.05) is 37.3 Å². The first-order valence-corrected chi connectivity index (χ1v) is 7.37. The molecule has 122 valence electrons. The summed E-state index contributed by atoms with van der Waals surface area (Å²) < 4.78 is 5.49. The quantitative estimate of drug-likeness (QED) is 0.283. The lowest BCUT2D eigenvalue weighted by molar-refractivity contribution is -0.173. The maximum absolute atomic E-state index is 11.4. The summed E-state index contributed by atoms with van der Waals surface area (Å²) in [5.74, 6) is -1.89. The fourth-order valence-corrected chi connectivity index (χ4v) is 2.35. The minimum atomic E-state index is -1.04. The van der Waals surface area contributed by atoms with Crippen molar-refractivity contribution in [2.75, 3.05) is 6.61 Å². The normalized spacial score (nSPS) is 13.4. The molecule has 2 N–H and O–H groups in total. The lowest BCUT2D eigenvalue weighted by Gasteiger charge is -2.27. The Kier molecular flexibility index (Phi) is 8.17. The summed E-state index contributed by atoms with van der Waals surface area (Å²) in [6.07, 6.45) is 1.58. The zero-order valence-corrected chi connectivity index (χ0v) is 12.7. The van der Waals surface area contributed by atoms with Gasteiger partial charge in [0.25, 0.3) is 0 Å². The topological polar surface area (TPSA) is 87.1 Å². The molecule has 0 unspecified atom stereocenters. The third kappa shape index (κ3) is 5.83. The Morgan fingerprint density at radius 3 is 2.55 bits per heavy atom. The molecular weight excluding hydrogens is 286 g/mol. The summed E-state index contributed by atoms with van der Waals surface area (Å²) in [7, 11) is 0. The molecule has 0 saturated carbocycles. The van der Waals surface area contributed by atoms with Crippen LogP contribution in [0.3, 0.4) is 0 Å². The maximum atomic E-state index is 11.4. The maximum Gasteiger partial charge on any atom is 0.308 e. The van der Waals surface area contributed by atoms with Gasteiger partial charge in [0, 0.05) is 6.61 Å². The van der Waals surface area contributed by atoms with Crippen molar-refractivity contribution in [1.82, 2.24) is 5.06 Å². The molecule has 0 aliphatic heterocycles. The molecule has 0 radical (unpaired) electrons. The lowest BCUT2D eigenvalue weighted by atomic mass is 9.93. The van der Waals surface area contributed by atoms with Crippen molar-refractivity contribution in [3.05, 3.63) is 35.9 Å². The number of amides is 1. The van der Waals surface area contributed by atoms with Crippen LogP contribution in [-0.4, -0.2) is 40.4 Å². The molecule has 0 heterocycles. The Hall–Kier alpha value is -1.92. The van der Waals surface area contributed by atoms with Crippen LogP contribution in [0.15, 0.2) is 30.3 Å². The van der Waals surface area contributed by atoms with Crippen molar-refractivity contribution in [2.24, 2.45) is 5.92 Å². The smallest absolute Gasteiger partial charge is 0.308 e. The number of hydroxylamine groups is 2. The first kappa shape index (κ1) is 18.1. The first-order chi connectivity index (χ1) is 10.6. The van der Waals surface area contributed by atoms with Gasteiger partial charge in [0.15, 0.2) is 0 Å². The van der Waals surface area contributed by atoms with Gasteiger partial charge in [-0.25, -0.2) is 5.06 Å². The molecule has 1 aromatic carbocycles. The summed E-state index contributed by atoms with van der Waals surface area (Å²) in [5.41, 5.74) is 1.01. The highest BCUT2D eigenvalue weighted by Crippen LogP contribution is 2.19. The van der Waals surface area contributed by atoms with Crippen molar-refractivity contribution in [3.8, 4) is 0 Å². The van der Waals surface area contributed by atoms with E-state index in [4.69, 9.17) is 4.74 Å². The molecule has 0 aliphatic carbocycles. The molecule has 0 fully saturated rings. The molecule has 1 aromatic rings. The minimum Gasteiger partial charge on any atom is -0.481 e. The van der Waals surface area contributed by atoms with Gasteiger partial charge in [0.1, 0.15) is 0 Å². The first-order valence-electron chi connectivity index (χ1n) is 7.37. The Labute approximate surface area is 130 Å². The van der Waals surface area contributed by atoms with Crippen LogP contribution in [-0.2, 0) is 20.9 Å². The average Bonchev–Trinajstić information content (AvgIpc) is 2.53. The van der Waals surface area contributed by atoms with Crippen molar-refractivity contribution < 1.29 is 24.6 Å². The van der Waals surface area contributed by atoms with Crippen LogP contribution < -0.4 is 0 Å². The lowest BCUT2D eigenvalue weighted by Crippen LogP contribution is -2.41. The van der Waals surface area contributed by atoms with Gasteiger partial charge in [0.2, 0.25) is 6.41 Å². The second-order valence-corrected chi connectivity index (χ2v) is 5.11. The Bertz CT molecular complexity index is 451. The third-order valence-electron chi connectivity index (χ3n) is 3.50. The van der Waals surface area contributed by atoms with Crippen LogP contribution in [0.4, 0.5) is 0 Å². The van der Waals surface area contributed by atoms with Crippen LogP contribution in [0.5, 0.6) is 0 Å². The zero-order chi connectivity index (χ0) is 16.4. The molecule has 0 aliphatic rings. The van der Waals surface area contributed by atoms with Crippen LogP contribution in [0.2, 0.25) is 0 Å². The van der Waals surface area contributed by atoms with E-state index in [0.717, 1.165) is 5.56 Å². The monoisotopic (exact) mass is 309 g/mol. The molecule has 6 nitrogen and oxygen atoms in total. The molecule has 6 heteroatoms. The van der Waals surface area contributed by atoms with E-state index in [2.05, 4.69) is 0 Å². The highest BCUT2D eigenvalue weighted by molar-refractivity contribution is 5.71. The van der Waals surface area contributed by atoms with Crippen molar-refractivity contribution in [2.45, 2.75) is 38.8 Å². The molecule has 2 atom stereocenters. The molecule has 0 aromatic heterocycles. The summed E-state index contributed by atoms with van der Waals surface area (Å²) >= 11 is 0.